The molecule has 25 heavy (non-hydrogen) atoms. The third-order valence-electron chi connectivity index (χ3n) is 4.52. The molecule has 1 aliphatic heterocycles. The van der Waals surface area contributed by atoms with Crippen LogP contribution in [0.4, 0.5) is 5.95 Å². The number of anilines is 1. The van der Waals surface area contributed by atoms with Crippen molar-refractivity contribution in [1.82, 2.24) is 14.5 Å². The van der Waals surface area contributed by atoms with Crippen LogP contribution in [0.15, 0.2) is 33.9 Å². The van der Waals surface area contributed by atoms with Crippen LogP contribution >= 0.6 is 11.3 Å². The molecule has 1 saturated heterocycles. The summed E-state index contributed by atoms with van der Waals surface area (Å²) in [5, 5.41) is 3.64. The first-order chi connectivity index (χ1) is 12.1. The van der Waals surface area contributed by atoms with Gasteiger partial charge >= 0.3 is 0 Å². The molecular weight excluding hydrogens is 338 g/mol. The second kappa shape index (κ2) is 6.45. The van der Waals surface area contributed by atoms with E-state index in [-0.39, 0.29) is 23.9 Å². The summed E-state index contributed by atoms with van der Waals surface area (Å²) in [7, 11) is 0. The summed E-state index contributed by atoms with van der Waals surface area (Å²) >= 11 is 1.46. The van der Waals surface area contributed by atoms with Crippen LogP contribution in [-0.2, 0) is 6.54 Å². The average Bonchev–Trinajstić information content (AvgIpc) is 3.27. The van der Waals surface area contributed by atoms with E-state index in [4.69, 9.17) is 5.73 Å². The Kier molecular flexibility index (Phi) is 4.14. The maximum atomic E-state index is 12.7. The number of imidazole rings is 1. The summed E-state index contributed by atoms with van der Waals surface area (Å²) in [5.74, 6) is 0.588. The summed E-state index contributed by atoms with van der Waals surface area (Å²) in [6.45, 7) is 1.62. The molecule has 0 radical (unpaired) electrons. The number of aromatic nitrogens is 3. The zero-order valence-corrected chi connectivity index (χ0v) is 14.5. The van der Waals surface area contributed by atoms with Crippen molar-refractivity contribution in [2.45, 2.75) is 25.4 Å². The molecule has 8 heteroatoms. The topological polar surface area (TPSA) is 97.0 Å². The van der Waals surface area contributed by atoms with Gasteiger partial charge in [0.2, 0.25) is 5.95 Å². The SMILES string of the molecule is NC1CCCN(c2nc3c(=O)n(CC(=O)c4ccsc4)ccc3[nH]2)C1. The summed E-state index contributed by atoms with van der Waals surface area (Å²) in [5.41, 5.74) is 7.43. The number of nitrogens with zero attached hydrogens (tertiary/aromatic N) is 3. The van der Waals surface area contributed by atoms with Crippen LogP contribution in [-0.4, -0.2) is 39.4 Å². The maximum absolute atomic E-state index is 12.7. The number of rotatable bonds is 4. The molecule has 1 fully saturated rings. The van der Waals surface area contributed by atoms with E-state index in [1.807, 2.05) is 5.38 Å². The van der Waals surface area contributed by atoms with Crippen LogP contribution in [0.3, 0.4) is 0 Å². The maximum Gasteiger partial charge on any atom is 0.279 e. The lowest BCUT2D eigenvalue weighted by molar-refractivity contribution is 0.0971. The molecule has 0 aromatic carbocycles. The van der Waals surface area contributed by atoms with Crippen molar-refractivity contribution in [2.75, 3.05) is 18.0 Å². The average molecular weight is 357 g/mol. The quantitative estimate of drug-likeness (QED) is 0.691. The molecule has 7 nitrogen and oxygen atoms in total. The number of piperidine rings is 1. The van der Waals surface area contributed by atoms with E-state index in [9.17, 15) is 9.59 Å². The van der Waals surface area contributed by atoms with Gasteiger partial charge < -0.3 is 20.2 Å². The fourth-order valence-electron chi connectivity index (χ4n) is 3.17. The van der Waals surface area contributed by atoms with Crippen LogP contribution in [0.1, 0.15) is 23.2 Å². The van der Waals surface area contributed by atoms with Crippen molar-refractivity contribution in [1.29, 1.82) is 0 Å². The highest BCUT2D eigenvalue weighted by Crippen LogP contribution is 2.19. The number of nitrogens with two attached hydrogens (primary N) is 1. The molecule has 0 saturated carbocycles. The summed E-state index contributed by atoms with van der Waals surface area (Å²) < 4.78 is 1.41. The third-order valence-corrected chi connectivity index (χ3v) is 5.20. The monoisotopic (exact) mass is 357 g/mol. The number of fused-ring (bicyclic) bond motifs is 1. The minimum Gasteiger partial charge on any atom is -0.341 e. The molecule has 3 aromatic rings. The second-order valence-corrected chi connectivity index (χ2v) is 7.14. The van der Waals surface area contributed by atoms with Crippen LogP contribution in [0.5, 0.6) is 0 Å². The number of aromatic amines is 1. The minimum absolute atomic E-state index is 0.0162. The van der Waals surface area contributed by atoms with E-state index in [2.05, 4.69) is 14.9 Å². The molecule has 3 N–H and O–H groups in total. The fraction of sp³-hybridized carbons (Fsp3) is 0.353. The van der Waals surface area contributed by atoms with Crippen molar-refractivity contribution >= 4 is 34.1 Å². The van der Waals surface area contributed by atoms with Crippen LogP contribution in [0.2, 0.25) is 0 Å². The molecule has 1 unspecified atom stereocenters. The van der Waals surface area contributed by atoms with Crippen LogP contribution in [0.25, 0.3) is 11.0 Å². The van der Waals surface area contributed by atoms with E-state index < -0.39 is 0 Å². The Morgan fingerprint density at radius 2 is 2.32 bits per heavy atom. The highest BCUT2D eigenvalue weighted by molar-refractivity contribution is 7.08. The highest BCUT2D eigenvalue weighted by Gasteiger charge is 2.20. The van der Waals surface area contributed by atoms with E-state index in [1.165, 1.54) is 15.9 Å². The van der Waals surface area contributed by atoms with Gasteiger partial charge in [-0.2, -0.15) is 11.3 Å². The number of pyridine rings is 1. The standard InChI is InChI=1S/C17H19N5O2S/c18-12-2-1-5-22(8-12)17-19-13-3-6-21(16(24)15(13)20-17)9-14(23)11-4-7-25-10-11/h3-4,6-7,10,12H,1-2,5,8-9,18H2,(H,19,20). The highest BCUT2D eigenvalue weighted by atomic mass is 32.1. The van der Waals surface area contributed by atoms with Gasteiger partial charge in [-0.1, -0.05) is 0 Å². The molecule has 0 amide bonds. The third kappa shape index (κ3) is 3.10. The van der Waals surface area contributed by atoms with Gasteiger partial charge in [-0.25, -0.2) is 4.98 Å². The van der Waals surface area contributed by atoms with E-state index >= 15 is 0 Å². The van der Waals surface area contributed by atoms with Crippen LogP contribution in [0, 0.1) is 0 Å². The lowest BCUT2D eigenvalue weighted by Crippen LogP contribution is -2.43. The normalized spacial score (nSPS) is 18.0. The molecule has 4 heterocycles. The van der Waals surface area contributed by atoms with Crippen molar-refractivity contribution in [2.24, 2.45) is 5.73 Å². The number of H-pyrrole nitrogens is 1. The van der Waals surface area contributed by atoms with Gasteiger partial charge in [-0.05, 0) is 30.4 Å². The van der Waals surface area contributed by atoms with Crippen LogP contribution < -0.4 is 16.2 Å². The Labute approximate surface area is 148 Å². The predicted molar refractivity (Wildman–Crippen MR) is 98.4 cm³/mol. The predicted octanol–water partition coefficient (Wildman–Crippen LogP) is 1.60. The lowest BCUT2D eigenvalue weighted by atomic mass is 10.1. The van der Waals surface area contributed by atoms with Gasteiger partial charge in [0.15, 0.2) is 11.3 Å². The number of carbonyl (C=O) groups excluding carboxylic acids is 1. The molecule has 1 atom stereocenters. The number of Topliss-reactive ketones (excluding diaryl/α,β-unsaturated/α-hetero) is 1. The molecule has 0 aliphatic carbocycles. The number of thiophene rings is 1. The first kappa shape index (κ1) is 16.0. The molecule has 3 aromatic heterocycles. The van der Waals surface area contributed by atoms with Gasteiger partial charge in [0.1, 0.15) is 0 Å². The van der Waals surface area contributed by atoms with Gasteiger partial charge in [0.25, 0.3) is 5.56 Å². The van der Waals surface area contributed by atoms with Gasteiger partial charge in [-0.15, -0.1) is 0 Å². The molecule has 0 bridgehead atoms. The van der Waals surface area contributed by atoms with Gasteiger partial charge in [0.05, 0.1) is 12.1 Å². The van der Waals surface area contributed by atoms with Crippen molar-refractivity contribution in [3.8, 4) is 0 Å². The molecule has 1 aliphatic rings. The number of hydrogen-bond donors (Lipinski definition) is 2. The van der Waals surface area contributed by atoms with Crippen molar-refractivity contribution in [3.05, 3.63) is 45.0 Å². The smallest absolute Gasteiger partial charge is 0.279 e. The number of hydrogen-bond acceptors (Lipinski definition) is 6. The number of nitrogens with one attached hydrogen (secondary N) is 1. The largest absolute Gasteiger partial charge is 0.341 e. The second-order valence-electron chi connectivity index (χ2n) is 6.36. The minimum atomic E-state index is -0.259. The Morgan fingerprint density at radius 3 is 3.08 bits per heavy atom. The van der Waals surface area contributed by atoms with E-state index in [0.717, 1.165) is 25.9 Å². The van der Waals surface area contributed by atoms with Gasteiger partial charge in [-0.3, -0.25) is 9.59 Å². The summed E-state index contributed by atoms with van der Waals surface area (Å²) in [4.78, 5) is 34.7. The Balaban J connectivity index is 1.64. The molecule has 0 spiro atoms. The number of ketones is 1. The van der Waals surface area contributed by atoms with Crippen molar-refractivity contribution in [3.63, 3.8) is 0 Å². The van der Waals surface area contributed by atoms with Gasteiger partial charge in [0, 0.05) is 36.3 Å². The first-order valence-corrected chi connectivity index (χ1v) is 9.21. The Hall–Kier alpha value is -2.45. The summed E-state index contributed by atoms with van der Waals surface area (Å²) in [6, 6.07) is 3.68. The lowest BCUT2D eigenvalue weighted by Gasteiger charge is -2.30. The Bertz CT molecular complexity index is 959. The number of carbonyl (C=O) groups is 1. The zero-order valence-electron chi connectivity index (χ0n) is 13.6. The van der Waals surface area contributed by atoms with E-state index in [0.29, 0.717) is 22.5 Å². The fourth-order valence-corrected chi connectivity index (χ4v) is 3.83. The molecule has 4 rings (SSSR count). The van der Waals surface area contributed by atoms with E-state index in [1.54, 1.807) is 23.7 Å². The molecular formula is C17H19N5O2S. The first-order valence-electron chi connectivity index (χ1n) is 8.27. The molecule has 130 valence electrons. The zero-order chi connectivity index (χ0) is 17.4. The summed E-state index contributed by atoms with van der Waals surface area (Å²) in [6.07, 6.45) is 3.66. The van der Waals surface area contributed by atoms with Crippen molar-refractivity contribution < 1.29 is 4.79 Å². The Morgan fingerprint density at radius 1 is 1.44 bits per heavy atom.